The molecule has 31 heavy (non-hydrogen) atoms. The quantitative estimate of drug-likeness (QED) is 0.347. The molecule has 0 atom stereocenters. The number of amides is 4. The van der Waals surface area contributed by atoms with Crippen LogP contribution in [0.15, 0.2) is 66.9 Å². The minimum atomic E-state index is -0.761. The number of aromatic nitrogens is 1. The lowest BCUT2D eigenvalue weighted by Gasteiger charge is -2.25. The number of carbonyl (C=O) groups is 3. The molecule has 3 aromatic rings. The first kappa shape index (κ1) is 20.9. The monoisotopic (exact) mass is 453 g/mol. The van der Waals surface area contributed by atoms with Gasteiger partial charge in [-0.05, 0) is 24.3 Å². The number of barbiturate groups is 1. The Morgan fingerprint density at radius 3 is 2.42 bits per heavy atom. The molecule has 1 aliphatic rings. The predicted octanol–water partition coefficient (Wildman–Crippen LogP) is 4.64. The molecule has 6 nitrogen and oxygen atoms in total. The zero-order chi connectivity index (χ0) is 22.1. The normalized spacial score (nSPS) is 15.6. The summed E-state index contributed by atoms with van der Waals surface area (Å²) >= 11 is 12.7. The van der Waals surface area contributed by atoms with Crippen molar-refractivity contribution >= 4 is 58.0 Å². The average Bonchev–Trinajstić information content (AvgIpc) is 3.09. The fraction of sp³-hybridized carbons (Fsp3) is 0.0870. The molecule has 4 rings (SSSR count). The molecule has 0 spiro atoms. The number of nitrogens with zero attached hydrogens (tertiary/aromatic N) is 2. The van der Waals surface area contributed by atoms with E-state index >= 15 is 0 Å². The Balaban J connectivity index is 1.80. The summed E-state index contributed by atoms with van der Waals surface area (Å²) in [4.78, 5) is 38.0. The minimum absolute atomic E-state index is 0.00204. The molecule has 0 radical (unpaired) electrons. The summed E-state index contributed by atoms with van der Waals surface area (Å²) in [5.74, 6) is -1.40. The van der Waals surface area contributed by atoms with Crippen molar-refractivity contribution in [2.24, 2.45) is 0 Å². The summed E-state index contributed by atoms with van der Waals surface area (Å²) in [7, 11) is 0. The van der Waals surface area contributed by atoms with Crippen molar-refractivity contribution in [3.8, 4) is 0 Å². The fourth-order valence-electron chi connectivity index (χ4n) is 3.52. The molecule has 0 unspecified atom stereocenters. The Morgan fingerprint density at radius 1 is 1.00 bits per heavy atom. The summed E-state index contributed by atoms with van der Waals surface area (Å²) in [6.07, 6.45) is 4.74. The Morgan fingerprint density at radius 2 is 1.71 bits per heavy atom. The SMILES string of the molecule is C=CCN1C(=O)NC(=O)/C(=C/c2cn(Cc3c(Cl)cccc3Cl)c3ccccc23)C1=O. The number of carbonyl (C=O) groups excluding carboxylic acids is 3. The van der Waals surface area contributed by atoms with Crippen LogP contribution in [0.3, 0.4) is 0 Å². The number of rotatable bonds is 5. The minimum Gasteiger partial charge on any atom is -0.342 e. The number of nitrogens with one attached hydrogen (secondary N) is 1. The number of urea groups is 1. The second-order valence-corrected chi connectivity index (χ2v) is 7.77. The van der Waals surface area contributed by atoms with Gasteiger partial charge >= 0.3 is 6.03 Å². The third kappa shape index (κ3) is 3.87. The molecule has 0 saturated carbocycles. The van der Waals surface area contributed by atoms with Crippen LogP contribution in [0.1, 0.15) is 11.1 Å². The summed E-state index contributed by atoms with van der Waals surface area (Å²) in [5.41, 5.74) is 2.18. The molecule has 1 N–H and O–H groups in total. The smallest absolute Gasteiger partial charge is 0.331 e. The van der Waals surface area contributed by atoms with E-state index in [2.05, 4.69) is 11.9 Å². The molecular formula is C23H17Cl2N3O3. The van der Waals surface area contributed by atoms with Crippen LogP contribution in [0.2, 0.25) is 10.0 Å². The number of halogens is 2. The van der Waals surface area contributed by atoms with E-state index in [0.29, 0.717) is 22.2 Å². The van der Waals surface area contributed by atoms with Crippen LogP contribution in [0.4, 0.5) is 4.79 Å². The van der Waals surface area contributed by atoms with Crippen LogP contribution in [0.25, 0.3) is 17.0 Å². The topological polar surface area (TPSA) is 71.4 Å². The highest BCUT2D eigenvalue weighted by Gasteiger charge is 2.35. The molecule has 1 saturated heterocycles. The first-order valence-electron chi connectivity index (χ1n) is 9.41. The lowest BCUT2D eigenvalue weighted by atomic mass is 10.1. The van der Waals surface area contributed by atoms with Crippen LogP contribution in [0, 0.1) is 0 Å². The van der Waals surface area contributed by atoms with Gasteiger partial charge in [0.05, 0.1) is 6.54 Å². The Labute approximate surface area is 188 Å². The van der Waals surface area contributed by atoms with Crippen LogP contribution in [-0.2, 0) is 16.1 Å². The number of benzene rings is 2. The maximum Gasteiger partial charge on any atom is 0.331 e. The molecule has 0 aliphatic carbocycles. The molecule has 1 aromatic heterocycles. The third-order valence-corrected chi connectivity index (χ3v) is 5.72. The van der Waals surface area contributed by atoms with E-state index in [-0.39, 0.29) is 12.1 Å². The number of para-hydroxylation sites is 1. The van der Waals surface area contributed by atoms with Gasteiger partial charge in [0.1, 0.15) is 5.57 Å². The van der Waals surface area contributed by atoms with Gasteiger partial charge in [0.25, 0.3) is 11.8 Å². The van der Waals surface area contributed by atoms with Crippen molar-refractivity contribution < 1.29 is 14.4 Å². The highest BCUT2D eigenvalue weighted by molar-refractivity contribution is 6.36. The molecule has 1 aliphatic heterocycles. The number of hydrogen-bond acceptors (Lipinski definition) is 3. The van der Waals surface area contributed by atoms with Crippen molar-refractivity contribution in [3.63, 3.8) is 0 Å². The summed E-state index contributed by atoms with van der Waals surface area (Å²) < 4.78 is 1.95. The van der Waals surface area contributed by atoms with Gasteiger partial charge in [-0.3, -0.25) is 19.8 Å². The Hall–Kier alpha value is -3.35. The van der Waals surface area contributed by atoms with Gasteiger partial charge in [0, 0.05) is 44.8 Å². The highest BCUT2D eigenvalue weighted by atomic mass is 35.5. The summed E-state index contributed by atoms with van der Waals surface area (Å²) in [5, 5.41) is 4.13. The van der Waals surface area contributed by atoms with Crippen LogP contribution >= 0.6 is 23.2 Å². The predicted molar refractivity (Wildman–Crippen MR) is 121 cm³/mol. The standard InChI is InChI=1S/C23H17Cl2N3O3/c1-2-10-28-22(30)16(21(29)26-23(28)31)11-14-12-27(20-9-4-3-6-15(14)20)13-17-18(24)7-5-8-19(17)25/h2-9,11-12H,1,10,13H2,(H,26,29,31)/b16-11-. The van der Waals surface area contributed by atoms with E-state index in [1.54, 1.807) is 18.2 Å². The third-order valence-electron chi connectivity index (χ3n) is 5.01. The second kappa shape index (κ2) is 8.41. The Bertz CT molecular complexity index is 1260. The maximum absolute atomic E-state index is 12.8. The van der Waals surface area contributed by atoms with Gasteiger partial charge < -0.3 is 4.57 Å². The van der Waals surface area contributed by atoms with Crippen molar-refractivity contribution in [3.05, 3.63) is 88.1 Å². The number of imide groups is 2. The van der Waals surface area contributed by atoms with Gasteiger partial charge in [-0.15, -0.1) is 6.58 Å². The summed E-state index contributed by atoms with van der Waals surface area (Å²) in [6, 6.07) is 12.1. The highest BCUT2D eigenvalue weighted by Crippen LogP contribution is 2.29. The van der Waals surface area contributed by atoms with Gasteiger partial charge in [0.15, 0.2) is 0 Å². The van der Waals surface area contributed by atoms with E-state index in [1.807, 2.05) is 35.0 Å². The molecule has 8 heteroatoms. The fourth-order valence-corrected chi connectivity index (χ4v) is 4.04. The van der Waals surface area contributed by atoms with Crippen molar-refractivity contribution in [2.75, 3.05) is 6.54 Å². The summed E-state index contributed by atoms with van der Waals surface area (Å²) in [6.45, 7) is 3.96. The molecule has 0 bridgehead atoms. The largest absolute Gasteiger partial charge is 0.342 e. The van der Waals surface area contributed by atoms with E-state index in [1.165, 1.54) is 12.2 Å². The Kier molecular flexibility index (Phi) is 5.67. The maximum atomic E-state index is 12.8. The van der Waals surface area contributed by atoms with Crippen molar-refractivity contribution in [2.45, 2.75) is 6.54 Å². The number of fused-ring (bicyclic) bond motifs is 1. The van der Waals surface area contributed by atoms with Crippen molar-refractivity contribution in [1.82, 2.24) is 14.8 Å². The lowest BCUT2D eigenvalue weighted by Crippen LogP contribution is -2.54. The number of hydrogen-bond donors (Lipinski definition) is 1. The van der Waals surface area contributed by atoms with E-state index < -0.39 is 17.8 Å². The molecule has 2 heterocycles. The average molecular weight is 454 g/mol. The lowest BCUT2D eigenvalue weighted by molar-refractivity contribution is -0.129. The zero-order valence-electron chi connectivity index (χ0n) is 16.3. The van der Waals surface area contributed by atoms with Gasteiger partial charge in [-0.25, -0.2) is 4.79 Å². The molecular weight excluding hydrogens is 437 g/mol. The molecule has 1 fully saturated rings. The van der Waals surface area contributed by atoms with Gasteiger partial charge in [0.2, 0.25) is 0 Å². The first-order chi connectivity index (χ1) is 14.9. The van der Waals surface area contributed by atoms with Crippen LogP contribution in [-0.4, -0.2) is 33.9 Å². The van der Waals surface area contributed by atoms with E-state index in [4.69, 9.17) is 23.2 Å². The molecule has 2 aromatic carbocycles. The van der Waals surface area contributed by atoms with Crippen LogP contribution in [0.5, 0.6) is 0 Å². The van der Waals surface area contributed by atoms with E-state index in [0.717, 1.165) is 21.4 Å². The van der Waals surface area contributed by atoms with Crippen molar-refractivity contribution in [1.29, 1.82) is 0 Å². The van der Waals surface area contributed by atoms with Gasteiger partial charge in [-0.2, -0.15) is 0 Å². The van der Waals surface area contributed by atoms with Gasteiger partial charge in [-0.1, -0.05) is 53.5 Å². The van der Waals surface area contributed by atoms with E-state index in [9.17, 15) is 14.4 Å². The molecule has 156 valence electrons. The zero-order valence-corrected chi connectivity index (χ0v) is 17.8. The second-order valence-electron chi connectivity index (χ2n) is 6.95. The molecule has 4 amide bonds. The van der Waals surface area contributed by atoms with Crippen LogP contribution < -0.4 is 5.32 Å². The first-order valence-corrected chi connectivity index (χ1v) is 10.2.